The Morgan fingerprint density at radius 1 is 1.03 bits per heavy atom. The lowest BCUT2D eigenvalue weighted by Gasteiger charge is -2.03. The van der Waals surface area contributed by atoms with Crippen LogP contribution < -0.4 is 0 Å². The van der Waals surface area contributed by atoms with Crippen molar-refractivity contribution in [2.24, 2.45) is 4.99 Å². The summed E-state index contributed by atoms with van der Waals surface area (Å²) in [5.41, 5.74) is 4.15. The van der Waals surface area contributed by atoms with E-state index in [1.165, 1.54) is 0 Å². The third-order valence-electron chi connectivity index (χ3n) is 4.44. The molecule has 7 nitrogen and oxygen atoms in total. The van der Waals surface area contributed by atoms with Crippen LogP contribution >= 0.6 is 7.60 Å². The van der Waals surface area contributed by atoms with Crippen molar-refractivity contribution in [1.82, 2.24) is 9.97 Å². The van der Waals surface area contributed by atoms with Crippen molar-refractivity contribution in [2.45, 2.75) is 6.16 Å². The molecule has 0 spiro atoms. The summed E-state index contributed by atoms with van der Waals surface area (Å²) in [5, 5.41) is 11.0. The summed E-state index contributed by atoms with van der Waals surface area (Å²) >= 11 is 0. The summed E-state index contributed by atoms with van der Waals surface area (Å²) in [6.45, 7) is 0. The molecular weight excluding hydrogens is 389 g/mol. The molecule has 0 fully saturated rings. The lowest BCUT2D eigenvalue weighted by Crippen LogP contribution is -1.86. The molecule has 0 atom stereocenters. The highest BCUT2D eigenvalue weighted by molar-refractivity contribution is 7.50. The number of nitrogens with zero attached hydrogens (tertiary/aromatic N) is 2. The molecule has 0 saturated carbocycles. The predicted molar refractivity (Wildman–Crippen MR) is 113 cm³/mol. The van der Waals surface area contributed by atoms with Crippen LogP contribution in [0, 0.1) is 0 Å². The summed E-state index contributed by atoms with van der Waals surface area (Å²) in [5.74, 6) is -0.0282. The van der Waals surface area contributed by atoms with E-state index in [1.54, 1.807) is 36.7 Å². The maximum absolute atomic E-state index is 11.1. The number of hydrogen-bond donors (Lipinski definition) is 4. The Morgan fingerprint density at radius 2 is 1.76 bits per heavy atom. The Kier molecular flexibility index (Phi) is 5.03. The number of aliphatic imine (C=N–C) groups is 1. The first kappa shape index (κ1) is 19.1. The zero-order chi connectivity index (χ0) is 20.4. The molecule has 0 radical (unpaired) electrons. The van der Waals surface area contributed by atoms with Crippen molar-refractivity contribution in [3.05, 3.63) is 78.0 Å². The van der Waals surface area contributed by atoms with Crippen LogP contribution in [0.4, 0.5) is 5.69 Å². The third kappa shape index (κ3) is 4.43. The van der Waals surface area contributed by atoms with Crippen LogP contribution in [-0.2, 0) is 10.7 Å². The van der Waals surface area contributed by atoms with Gasteiger partial charge in [0.05, 0.1) is 17.4 Å². The van der Waals surface area contributed by atoms with E-state index in [0.717, 1.165) is 16.5 Å². The molecule has 0 bridgehead atoms. The molecule has 0 aliphatic carbocycles. The number of rotatable bonds is 5. The molecular formula is C21H18N3O4P. The average molecular weight is 407 g/mol. The van der Waals surface area contributed by atoms with Gasteiger partial charge >= 0.3 is 7.60 Å². The number of aromatic amines is 1. The van der Waals surface area contributed by atoms with E-state index in [1.807, 2.05) is 36.4 Å². The molecule has 29 heavy (non-hydrogen) atoms. The van der Waals surface area contributed by atoms with Gasteiger partial charge in [-0.1, -0.05) is 42.5 Å². The van der Waals surface area contributed by atoms with Gasteiger partial charge in [0.15, 0.2) is 5.88 Å². The number of benzene rings is 2. The second-order valence-corrected chi connectivity index (χ2v) is 8.27. The third-order valence-corrected chi connectivity index (χ3v) is 5.22. The lowest BCUT2D eigenvalue weighted by molar-refractivity contribution is 0.371. The number of pyridine rings is 1. The minimum absolute atomic E-state index is 0.0282. The number of H-pyrrole nitrogens is 1. The van der Waals surface area contributed by atoms with Crippen molar-refractivity contribution in [3.8, 4) is 17.0 Å². The summed E-state index contributed by atoms with van der Waals surface area (Å²) < 4.78 is 11.1. The van der Waals surface area contributed by atoms with E-state index in [4.69, 9.17) is 9.79 Å². The minimum Gasteiger partial charge on any atom is -0.494 e. The normalized spacial score (nSPS) is 12.1. The molecule has 0 unspecified atom stereocenters. The maximum atomic E-state index is 11.1. The van der Waals surface area contributed by atoms with Gasteiger partial charge in [-0.3, -0.25) is 9.56 Å². The van der Waals surface area contributed by atoms with Crippen LogP contribution in [0.25, 0.3) is 22.2 Å². The van der Waals surface area contributed by atoms with Crippen molar-refractivity contribution in [1.29, 1.82) is 0 Å². The molecule has 4 rings (SSSR count). The van der Waals surface area contributed by atoms with Gasteiger partial charge in [0.1, 0.15) is 5.65 Å². The highest BCUT2D eigenvalue weighted by atomic mass is 31.2. The standard InChI is InChI=1S/C21H18N3O4P/c25-21-19(12-22-17-8-6-14(7-9-17)13-29(26,27)28)18-10-16(11-23-20(18)24-21)15-4-2-1-3-5-15/h1-12,25H,13H2,(H,23,24)(H2,26,27,28). The van der Waals surface area contributed by atoms with Crippen LogP contribution in [0.15, 0.2) is 71.9 Å². The minimum atomic E-state index is -4.10. The molecule has 2 aromatic carbocycles. The Bertz CT molecular complexity index is 1230. The van der Waals surface area contributed by atoms with Gasteiger partial charge in [-0.2, -0.15) is 0 Å². The van der Waals surface area contributed by atoms with E-state index < -0.39 is 7.60 Å². The van der Waals surface area contributed by atoms with Crippen LogP contribution in [0.3, 0.4) is 0 Å². The van der Waals surface area contributed by atoms with Crippen LogP contribution in [0.1, 0.15) is 11.1 Å². The van der Waals surface area contributed by atoms with E-state index in [-0.39, 0.29) is 12.0 Å². The molecule has 0 aliphatic rings. The number of nitrogens with one attached hydrogen (secondary N) is 1. The van der Waals surface area contributed by atoms with Crippen molar-refractivity contribution < 1.29 is 19.5 Å². The molecule has 0 amide bonds. The monoisotopic (exact) mass is 407 g/mol. The largest absolute Gasteiger partial charge is 0.494 e. The van der Waals surface area contributed by atoms with Crippen LogP contribution in [-0.4, -0.2) is 31.1 Å². The van der Waals surface area contributed by atoms with Crippen molar-refractivity contribution in [3.63, 3.8) is 0 Å². The Balaban J connectivity index is 1.65. The van der Waals surface area contributed by atoms with E-state index >= 15 is 0 Å². The fraction of sp³-hybridized carbons (Fsp3) is 0.0476. The molecule has 8 heteroatoms. The number of hydrogen-bond acceptors (Lipinski definition) is 4. The van der Waals surface area contributed by atoms with Gasteiger partial charge in [-0.25, -0.2) is 4.98 Å². The van der Waals surface area contributed by atoms with Gasteiger partial charge in [0.2, 0.25) is 0 Å². The number of aromatic nitrogens is 2. The molecule has 0 saturated heterocycles. The molecule has 4 N–H and O–H groups in total. The average Bonchev–Trinajstić information content (AvgIpc) is 3.01. The fourth-order valence-electron chi connectivity index (χ4n) is 3.06. The second-order valence-electron chi connectivity index (χ2n) is 6.62. The van der Waals surface area contributed by atoms with E-state index in [0.29, 0.717) is 22.5 Å². The van der Waals surface area contributed by atoms with Crippen molar-refractivity contribution >= 4 is 30.5 Å². The summed E-state index contributed by atoms with van der Waals surface area (Å²) in [6.07, 6.45) is 2.98. The first-order valence-corrected chi connectivity index (χ1v) is 10.6. The summed E-state index contributed by atoms with van der Waals surface area (Å²) in [4.78, 5) is 29.7. The maximum Gasteiger partial charge on any atom is 0.329 e. The van der Waals surface area contributed by atoms with Gasteiger partial charge in [0, 0.05) is 23.4 Å². The van der Waals surface area contributed by atoms with Gasteiger partial charge in [-0.05, 0) is 29.3 Å². The van der Waals surface area contributed by atoms with Gasteiger partial charge in [0.25, 0.3) is 0 Å². The Labute approximate surface area is 166 Å². The highest BCUT2D eigenvalue weighted by Crippen LogP contribution is 2.39. The summed E-state index contributed by atoms with van der Waals surface area (Å²) in [6, 6.07) is 18.3. The second kappa shape index (κ2) is 7.64. The zero-order valence-corrected chi connectivity index (χ0v) is 16.1. The first-order chi connectivity index (χ1) is 13.9. The van der Waals surface area contributed by atoms with E-state index in [2.05, 4.69) is 15.0 Å². The quantitative estimate of drug-likeness (QED) is 0.289. The van der Waals surface area contributed by atoms with Crippen LogP contribution in [0.2, 0.25) is 0 Å². The topological polar surface area (TPSA) is 119 Å². The molecule has 2 aromatic heterocycles. The smallest absolute Gasteiger partial charge is 0.329 e. The number of aromatic hydroxyl groups is 1. The van der Waals surface area contributed by atoms with Gasteiger partial charge in [-0.15, -0.1) is 0 Å². The first-order valence-electron chi connectivity index (χ1n) is 8.83. The Morgan fingerprint density at radius 3 is 2.45 bits per heavy atom. The predicted octanol–water partition coefficient (Wildman–Crippen LogP) is 4.36. The molecule has 4 aromatic rings. The Hall–Kier alpha value is -3.25. The number of fused-ring (bicyclic) bond motifs is 1. The molecule has 0 aliphatic heterocycles. The molecule has 2 heterocycles. The highest BCUT2D eigenvalue weighted by Gasteiger charge is 2.14. The van der Waals surface area contributed by atoms with E-state index in [9.17, 15) is 9.67 Å². The summed E-state index contributed by atoms with van der Waals surface area (Å²) in [7, 11) is -4.10. The zero-order valence-electron chi connectivity index (χ0n) is 15.2. The lowest BCUT2D eigenvalue weighted by atomic mass is 10.1. The van der Waals surface area contributed by atoms with Crippen molar-refractivity contribution in [2.75, 3.05) is 0 Å². The fourth-order valence-corrected chi connectivity index (χ4v) is 3.75. The van der Waals surface area contributed by atoms with Crippen LogP contribution in [0.5, 0.6) is 5.88 Å². The SMILES string of the molecule is O=P(O)(O)Cc1ccc(N=Cc2c(O)[nH]c3ncc(-c4ccccc4)cc23)cc1. The van der Waals surface area contributed by atoms with Gasteiger partial charge < -0.3 is 19.9 Å². The molecule has 146 valence electrons.